The normalized spacial score (nSPS) is 13.2. The van der Waals surface area contributed by atoms with Gasteiger partial charge in [-0.1, -0.05) is 51.4 Å². The second-order valence-corrected chi connectivity index (χ2v) is 5.60. The predicted molar refractivity (Wildman–Crippen MR) is 85.0 cm³/mol. The summed E-state index contributed by atoms with van der Waals surface area (Å²) in [5, 5.41) is 18.4. The van der Waals surface area contributed by atoms with Gasteiger partial charge in [-0.05, 0) is 25.8 Å². The molecule has 1 atom stereocenters. The summed E-state index contributed by atoms with van der Waals surface area (Å²) in [5.74, 6) is -0.379. The molecule has 124 valence electrons. The molecule has 0 saturated heterocycles. The van der Waals surface area contributed by atoms with Gasteiger partial charge in [-0.25, -0.2) is 4.79 Å². The molecular formula is C17H32O4. The first kappa shape index (κ1) is 20.1. The number of carbonyl (C=O) groups is 1. The first-order chi connectivity index (χ1) is 10.1. The number of rotatable bonds is 13. The third-order valence-corrected chi connectivity index (χ3v) is 3.61. The molecule has 0 aliphatic rings. The summed E-state index contributed by atoms with van der Waals surface area (Å²) in [6.45, 7) is 1.97. The minimum atomic E-state index is -0.553. The highest BCUT2D eigenvalue weighted by atomic mass is 16.5. The Morgan fingerprint density at radius 2 is 1.48 bits per heavy atom. The maximum absolute atomic E-state index is 11.2. The SMILES string of the molecule is COC(=O)C(C)=CC(O)CCCCCCCCCCCO. The third-order valence-electron chi connectivity index (χ3n) is 3.61. The van der Waals surface area contributed by atoms with Crippen LogP contribution < -0.4 is 0 Å². The predicted octanol–water partition coefficient (Wildman–Crippen LogP) is 3.36. The fourth-order valence-corrected chi connectivity index (χ4v) is 2.30. The van der Waals surface area contributed by atoms with Gasteiger partial charge in [-0.15, -0.1) is 0 Å². The lowest BCUT2D eigenvalue weighted by molar-refractivity contribution is -0.136. The van der Waals surface area contributed by atoms with Crippen molar-refractivity contribution in [3.63, 3.8) is 0 Å². The second kappa shape index (κ2) is 14.1. The number of esters is 1. The van der Waals surface area contributed by atoms with Gasteiger partial charge in [0.15, 0.2) is 0 Å². The molecule has 4 heteroatoms. The van der Waals surface area contributed by atoms with Crippen LogP contribution in [0.5, 0.6) is 0 Å². The van der Waals surface area contributed by atoms with Crippen molar-refractivity contribution in [3.05, 3.63) is 11.6 Å². The third kappa shape index (κ3) is 12.6. The van der Waals surface area contributed by atoms with Crippen molar-refractivity contribution in [2.75, 3.05) is 13.7 Å². The fourth-order valence-electron chi connectivity index (χ4n) is 2.30. The van der Waals surface area contributed by atoms with E-state index in [-0.39, 0.29) is 5.97 Å². The molecule has 4 nitrogen and oxygen atoms in total. The minimum absolute atomic E-state index is 0.312. The molecule has 0 fully saturated rings. The monoisotopic (exact) mass is 300 g/mol. The van der Waals surface area contributed by atoms with Crippen LogP contribution in [0.15, 0.2) is 11.6 Å². The summed E-state index contributed by atoms with van der Waals surface area (Å²) in [6, 6.07) is 0. The van der Waals surface area contributed by atoms with Crippen molar-refractivity contribution in [2.45, 2.75) is 77.2 Å². The van der Waals surface area contributed by atoms with Crippen LogP contribution in [-0.4, -0.2) is 36.0 Å². The number of hydrogen-bond acceptors (Lipinski definition) is 4. The average molecular weight is 300 g/mol. The Bertz CT molecular complexity index is 287. The maximum atomic E-state index is 11.2. The Hall–Kier alpha value is -0.870. The molecule has 0 heterocycles. The van der Waals surface area contributed by atoms with Crippen molar-refractivity contribution in [1.82, 2.24) is 0 Å². The van der Waals surface area contributed by atoms with E-state index in [0.29, 0.717) is 18.6 Å². The number of methoxy groups -OCH3 is 1. The van der Waals surface area contributed by atoms with Crippen LogP contribution in [0, 0.1) is 0 Å². The molecular weight excluding hydrogens is 268 g/mol. The van der Waals surface area contributed by atoms with Crippen molar-refractivity contribution in [3.8, 4) is 0 Å². The zero-order valence-corrected chi connectivity index (χ0v) is 13.6. The number of carbonyl (C=O) groups excluding carboxylic acids is 1. The lowest BCUT2D eigenvalue weighted by atomic mass is 10.0. The largest absolute Gasteiger partial charge is 0.466 e. The number of aliphatic hydroxyl groups excluding tert-OH is 2. The highest BCUT2D eigenvalue weighted by molar-refractivity contribution is 5.87. The molecule has 0 aromatic rings. The molecule has 0 bridgehead atoms. The average Bonchev–Trinajstić information content (AvgIpc) is 2.48. The van der Waals surface area contributed by atoms with Gasteiger partial charge >= 0.3 is 5.97 Å². The van der Waals surface area contributed by atoms with E-state index in [0.717, 1.165) is 25.7 Å². The smallest absolute Gasteiger partial charge is 0.333 e. The molecule has 0 aliphatic heterocycles. The van der Waals surface area contributed by atoms with Gasteiger partial charge in [0.2, 0.25) is 0 Å². The topological polar surface area (TPSA) is 66.8 Å². The van der Waals surface area contributed by atoms with E-state index in [1.165, 1.54) is 39.2 Å². The van der Waals surface area contributed by atoms with E-state index in [1.54, 1.807) is 13.0 Å². The van der Waals surface area contributed by atoms with Crippen molar-refractivity contribution in [2.24, 2.45) is 0 Å². The molecule has 0 amide bonds. The van der Waals surface area contributed by atoms with E-state index < -0.39 is 6.10 Å². The zero-order valence-electron chi connectivity index (χ0n) is 13.6. The van der Waals surface area contributed by atoms with Crippen LogP contribution in [0.25, 0.3) is 0 Å². The van der Waals surface area contributed by atoms with Gasteiger partial charge in [-0.2, -0.15) is 0 Å². The molecule has 0 aliphatic carbocycles. The molecule has 0 saturated carbocycles. The van der Waals surface area contributed by atoms with E-state index in [9.17, 15) is 9.90 Å². The van der Waals surface area contributed by atoms with Crippen molar-refractivity contribution in [1.29, 1.82) is 0 Å². The van der Waals surface area contributed by atoms with E-state index >= 15 is 0 Å². The zero-order chi connectivity index (χ0) is 15.9. The van der Waals surface area contributed by atoms with E-state index in [4.69, 9.17) is 5.11 Å². The van der Waals surface area contributed by atoms with E-state index in [2.05, 4.69) is 4.74 Å². The Labute approximate surface area is 129 Å². The van der Waals surface area contributed by atoms with Gasteiger partial charge in [0.1, 0.15) is 0 Å². The van der Waals surface area contributed by atoms with Crippen molar-refractivity contribution < 1.29 is 19.7 Å². The fraction of sp³-hybridized carbons (Fsp3) is 0.824. The van der Waals surface area contributed by atoms with Crippen LogP contribution >= 0.6 is 0 Å². The Morgan fingerprint density at radius 1 is 1.00 bits per heavy atom. The molecule has 2 N–H and O–H groups in total. The minimum Gasteiger partial charge on any atom is -0.466 e. The van der Waals surface area contributed by atoms with Gasteiger partial charge in [0, 0.05) is 12.2 Å². The van der Waals surface area contributed by atoms with E-state index in [1.807, 2.05) is 0 Å². The van der Waals surface area contributed by atoms with Gasteiger partial charge in [0.05, 0.1) is 13.2 Å². The molecule has 21 heavy (non-hydrogen) atoms. The van der Waals surface area contributed by atoms with Crippen LogP contribution in [-0.2, 0) is 9.53 Å². The summed E-state index contributed by atoms with van der Waals surface area (Å²) in [6.07, 6.45) is 12.1. The lowest BCUT2D eigenvalue weighted by Crippen LogP contribution is -2.08. The number of aliphatic hydroxyl groups is 2. The number of unbranched alkanes of at least 4 members (excludes halogenated alkanes) is 8. The van der Waals surface area contributed by atoms with Crippen molar-refractivity contribution >= 4 is 5.97 Å². The summed E-state index contributed by atoms with van der Waals surface area (Å²) >= 11 is 0. The van der Waals surface area contributed by atoms with Gasteiger partial charge in [0.25, 0.3) is 0 Å². The summed E-state index contributed by atoms with van der Waals surface area (Å²) in [7, 11) is 1.34. The Balaban J connectivity index is 3.44. The van der Waals surface area contributed by atoms with Crippen LogP contribution in [0.1, 0.15) is 71.1 Å². The molecule has 0 aromatic carbocycles. The first-order valence-electron chi connectivity index (χ1n) is 8.17. The summed E-state index contributed by atoms with van der Waals surface area (Å²) < 4.78 is 4.59. The second-order valence-electron chi connectivity index (χ2n) is 5.60. The van der Waals surface area contributed by atoms with Crippen LogP contribution in [0.4, 0.5) is 0 Å². The molecule has 1 unspecified atom stereocenters. The molecule has 0 rings (SSSR count). The quantitative estimate of drug-likeness (QED) is 0.311. The molecule has 0 spiro atoms. The highest BCUT2D eigenvalue weighted by Gasteiger charge is 2.06. The molecule has 0 aromatic heterocycles. The summed E-state index contributed by atoms with van der Waals surface area (Å²) in [4.78, 5) is 11.2. The van der Waals surface area contributed by atoms with Crippen LogP contribution in [0.2, 0.25) is 0 Å². The van der Waals surface area contributed by atoms with Crippen LogP contribution in [0.3, 0.4) is 0 Å². The Kier molecular flexibility index (Phi) is 13.5. The number of ether oxygens (including phenoxy) is 1. The standard InChI is InChI=1S/C17H32O4/c1-15(17(20)21-2)14-16(19)12-10-8-6-4-3-5-7-9-11-13-18/h14,16,18-19H,3-13H2,1-2H3. The number of hydrogen-bond donors (Lipinski definition) is 2. The lowest BCUT2D eigenvalue weighted by Gasteiger charge is -2.07. The summed E-state index contributed by atoms with van der Waals surface area (Å²) in [5.41, 5.74) is 0.466. The van der Waals surface area contributed by atoms with Gasteiger partial charge < -0.3 is 14.9 Å². The molecule has 0 radical (unpaired) electrons. The van der Waals surface area contributed by atoms with Gasteiger partial charge in [-0.3, -0.25) is 0 Å². The first-order valence-corrected chi connectivity index (χ1v) is 8.17. The highest BCUT2D eigenvalue weighted by Crippen LogP contribution is 2.12. The maximum Gasteiger partial charge on any atom is 0.333 e. The Morgan fingerprint density at radius 3 is 1.95 bits per heavy atom.